The number of hydrogen-bond acceptors (Lipinski definition) is 5. The van der Waals surface area contributed by atoms with Crippen molar-refractivity contribution in [3.05, 3.63) is 0 Å². The second kappa shape index (κ2) is 10.2. The number of esters is 1. The first kappa shape index (κ1) is 20.3. The van der Waals surface area contributed by atoms with E-state index < -0.39 is 29.7 Å². The van der Waals surface area contributed by atoms with Crippen LogP contribution in [0.1, 0.15) is 71.6 Å². The Hall–Kier alpha value is -1.79. The molecular formula is C17H29NO6. The van der Waals surface area contributed by atoms with Crippen LogP contribution in [0.5, 0.6) is 0 Å². The number of ether oxygens (including phenoxy) is 2. The highest BCUT2D eigenvalue weighted by Gasteiger charge is 2.35. The van der Waals surface area contributed by atoms with Crippen LogP contribution >= 0.6 is 0 Å². The highest BCUT2D eigenvalue weighted by molar-refractivity contribution is 5.71. The van der Waals surface area contributed by atoms with Crippen molar-refractivity contribution >= 4 is 18.0 Å². The molecule has 0 radical (unpaired) electrons. The molecule has 0 aromatic heterocycles. The van der Waals surface area contributed by atoms with Crippen LogP contribution in [-0.4, -0.2) is 36.0 Å². The Morgan fingerprint density at radius 2 is 1.83 bits per heavy atom. The van der Waals surface area contributed by atoms with E-state index in [0.29, 0.717) is 6.42 Å². The number of hydrogen-bond donors (Lipinski definition) is 2. The van der Waals surface area contributed by atoms with E-state index in [2.05, 4.69) is 5.32 Å². The van der Waals surface area contributed by atoms with Gasteiger partial charge in [-0.3, -0.25) is 9.59 Å². The Kier molecular flexibility index (Phi) is 8.57. The molecule has 0 aromatic carbocycles. The molecule has 7 nitrogen and oxygen atoms in total. The van der Waals surface area contributed by atoms with Gasteiger partial charge in [-0.05, 0) is 24.7 Å². The molecule has 0 heterocycles. The molecule has 0 bridgehead atoms. The topological polar surface area (TPSA) is 102 Å². The third-order valence-corrected chi connectivity index (χ3v) is 4.35. The lowest BCUT2D eigenvalue weighted by molar-refractivity contribution is -0.165. The Morgan fingerprint density at radius 3 is 2.42 bits per heavy atom. The first-order chi connectivity index (χ1) is 11.4. The molecule has 1 aliphatic carbocycles. The lowest BCUT2D eigenvalue weighted by Gasteiger charge is -2.36. The van der Waals surface area contributed by atoms with E-state index in [-0.39, 0.29) is 13.0 Å². The van der Waals surface area contributed by atoms with Crippen molar-refractivity contribution in [2.75, 3.05) is 6.54 Å². The van der Waals surface area contributed by atoms with Crippen LogP contribution in [0.3, 0.4) is 0 Å². The average molecular weight is 343 g/mol. The SMILES string of the molecule is CCCCC(=O)OC(C)OC(=O)NCC1(CC(=O)O)CCCCC1. The number of aliphatic carboxylic acids is 1. The normalized spacial score (nSPS) is 17.6. The number of carbonyl (C=O) groups excluding carboxylic acids is 2. The molecule has 1 aliphatic rings. The molecule has 7 heteroatoms. The Balaban J connectivity index is 2.39. The molecular weight excluding hydrogens is 314 g/mol. The maximum absolute atomic E-state index is 11.8. The second-order valence-electron chi connectivity index (χ2n) is 6.55. The van der Waals surface area contributed by atoms with E-state index in [1.165, 1.54) is 6.92 Å². The smallest absolute Gasteiger partial charge is 0.410 e. The third kappa shape index (κ3) is 7.66. The zero-order valence-electron chi connectivity index (χ0n) is 14.6. The molecule has 0 aromatic rings. The van der Waals surface area contributed by atoms with Crippen LogP contribution < -0.4 is 5.32 Å². The second-order valence-corrected chi connectivity index (χ2v) is 6.55. The van der Waals surface area contributed by atoms with Gasteiger partial charge in [-0.2, -0.15) is 0 Å². The van der Waals surface area contributed by atoms with Gasteiger partial charge in [0.25, 0.3) is 0 Å². The van der Waals surface area contributed by atoms with Gasteiger partial charge in [0, 0.05) is 19.9 Å². The van der Waals surface area contributed by atoms with Crippen molar-refractivity contribution in [1.82, 2.24) is 5.32 Å². The van der Waals surface area contributed by atoms with Crippen LogP contribution in [-0.2, 0) is 19.1 Å². The van der Waals surface area contributed by atoms with Crippen molar-refractivity contribution in [3.63, 3.8) is 0 Å². The minimum atomic E-state index is -0.962. The maximum Gasteiger partial charge on any atom is 0.410 e. The van der Waals surface area contributed by atoms with Crippen LogP contribution in [0, 0.1) is 5.41 Å². The first-order valence-electron chi connectivity index (χ1n) is 8.72. The van der Waals surface area contributed by atoms with Crippen LogP contribution in [0.25, 0.3) is 0 Å². The van der Waals surface area contributed by atoms with Crippen LogP contribution in [0.4, 0.5) is 4.79 Å². The van der Waals surface area contributed by atoms with E-state index in [1.54, 1.807) is 0 Å². The van der Waals surface area contributed by atoms with Crippen LogP contribution in [0.15, 0.2) is 0 Å². The number of amides is 1. The number of nitrogens with one attached hydrogen (secondary N) is 1. The van der Waals surface area contributed by atoms with E-state index in [1.807, 2.05) is 6.92 Å². The molecule has 0 spiro atoms. The van der Waals surface area contributed by atoms with E-state index in [4.69, 9.17) is 14.6 Å². The minimum Gasteiger partial charge on any atom is -0.481 e. The van der Waals surface area contributed by atoms with Crippen molar-refractivity contribution < 1.29 is 29.0 Å². The van der Waals surface area contributed by atoms with Crippen molar-refractivity contribution in [2.24, 2.45) is 5.41 Å². The Morgan fingerprint density at radius 1 is 1.17 bits per heavy atom. The van der Waals surface area contributed by atoms with Crippen molar-refractivity contribution in [3.8, 4) is 0 Å². The van der Waals surface area contributed by atoms with Gasteiger partial charge in [0.15, 0.2) is 0 Å². The highest BCUT2D eigenvalue weighted by atomic mass is 16.7. The van der Waals surface area contributed by atoms with Gasteiger partial charge in [0.1, 0.15) is 0 Å². The summed E-state index contributed by atoms with van der Waals surface area (Å²) in [6.07, 6.45) is 4.88. The summed E-state index contributed by atoms with van der Waals surface area (Å²) in [6, 6.07) is 0. The van der Waals surface area contributed by atoms with Gasteiger partial charge in [-0.25, -0.2) is 4.79 Å². The summed E-state index contributed by atoms with van der Waals surface area (Å²) in [7, 11) is 0. The summed E-state index contributed by atoms with van der Waals surface area (Å²) in [5.41, 5.74) is -0.413. The number of carbonyl (C=O) groups is 3. The fourth-order valence-corrected chi connectivity index (χ4v) is 3.08. The largest absolute Gasteiger partial charge is 0.481 e. The fraction of sp³-hybridized carbons (Fsp3) is 0.824. The average Bonchev–Trinajstić information content (AvgIpc) is 2.51. The van der Waals surface area contributed by atoms with Gasteiger partial charge in [-0.15, -0.1) is 0 Å². The Labute approximate surface area is 143 Å². The number of carboxylic acids is 1. The van der Waals surface area contributed by atoms with E-state index in [9.17, 15) is 14.4 Å². The summed E-state index contributed by atoms with van der Waals surface area (Å²) < 4.78 is 9.99. The molecule has 2 N–H and O–H groups in total. The number of unbranched alkanes of at least 4 members (excludes halogenated alkanes) is 1. The lowest BCUT2D eigenvalue weighted by Crippen LogP contribution is -2.41. The van der Waals surface area contributed by atoms with Crippen molar-refractivity contribution in [1.29, 1.82) is 0 Å². The predicted molar refractivity (Wildman–Crippen MR) is 87.3 cm³/mol. The summed E-state index contributed by atoms with van der Waals surface area (Å²) in [5, 5.41) is 11.7. The van der Waals surface area contributed by atoms with E-state index >= 15 is 0 Å². The molecule has 1 rings (SSSR count). The molecule has 0 saturated heterocycles. The first-order valence-corrected chi connectivity index (χ1v) is 8.72. The van der Waals surface area contributed by atoms with Gasteiger partial charge in [0.2, 0.25) is 6.29 Å². The third-order valence-electron chi connectivity index (χ3n) is 4.35. The van der Waals surface area contributed by atoms with Gasteiger partial charge in [-0.1, -0.05) is 32.6 Å². The standard InChI is InChI=1S/C17H29NO6/c1-3-4-8-15(21)23-13(2)24-16(22)18-12-17(11-14(19)20)9-6-5-7-10-17/h13H,3-12H2,1-2H3,(H,18,22)(H,19,20). The van der Waals surface area contributed by atoms with Gasteiger partial charge in [0.05, 0.1) is 6.42 Å². The minimum absolute atomic E-state index is 0.0365. The van der Waals surface area contributed by atoms with Crippen LogP contribution in [0.2, 0.25) is 0 Å². The predicted octanol–water partition coefficient (Wildman–Crippen LogP) is 3.22. The molecule has 138 valence electrons. The zero-order valence-corrected chi connectivity index (χ0v) is 14.6. The number of carboxylic acid groups (broad SMARTS) is 1. The molecule has 1 unspecified atom stereocenters. The van der Waals surface area contributed by atoms with Crippen molar-refractivity contribution in [2.45, 2.75) is 77.9 Å². The van der Waals surface area contributed by atoms with E-state index in [0.717, 1.165) is 44.9 Å². The maximum atomic E-state index is 11.8. The molecule has 1 saturated carbocycles. The van der Waals surface area contributed by atoms with Gasteiger partial charge >= 0.3 is 18.0 Å². The molecule has 1 amide bonds. The molecule has 1 fully saturated rings. The summed E-state index contributed by atoms with van der Waals surface area (Å²) in [6.45, 7) is 3.71. The monoisotopic (exact) mass is 343 g/mol. The number of rotatable bonds is 9. The quantitative estimate of drug-likeness (QED) is 0.492. The summed E-state index contributed by atoms with van der Waals surface area (Å²) in [5.74, 6) is -1.25. The number of alkyl carbamates (subject to hydrolysis) is 1. The Bertz CT molecular complexity index is 431. The molecule has 0 aliphatic heterocycles. The lowest BCUT2D eigenvalue weighted by atomic mass is 9.72. The highest BCUT2D eigenvalue weighted by Crippen LogP contribution is 2.38. The summed E-state index contributed by atoms with van der Waals surface area (Å²) >= 11 is 0. The zero-order chi connectivity index (χ0) is 18.0. The van der Waals surface area contributed by atoms with Gasteiger partial charge < -0.3 is 19.9 Å². The molecule has 24 heavy (non-hydrogen) atoms. The summed E-state index contributed by atoms with van der Waals surface area (Å²) in [4.78, 5) is 34.4. The molecule has 1 atom stereocenters. The fourth-order valence-electron chi connectivity index (χ4n) is 3.08.